The van der Waals surface area contributed by atoms with Gasteiger partial charge in [0.05, 0.1) is 5.02 Å². The molecule has 3 nitrogen and oxygen atoms in total. The lowest BCUT2D eigenvalue weighted by molar-refractivity contribution is -0.138. The topological polar surface area (TPSA) is 49.3 Å². The van der Waals surface area contributed by atoms with E-state index in [1.165, 1.54) is 0 Å². The number of rotatable bonds is 6. The van der Waals surface area contributed by atoms with Crippen molar-refractivity contribution in [2.24, 2.45) is 0 Å². The number of benzene rings is 1. The van der Waals surface area contributed by atoms with Crippen molar-refractivity contribution in [3.05, 3.63) is 28.2 Å². The number of thioether (sulfide) groups is 1. The monoisotopic (exact) mass is 293 g/mol. The van der Waals surface area contributed by atoms with Gasteiger partial charge in [-0.1, -0.05) is 23.2 Å². The number of aliphatic carboxylic acids is 1. The molecular formula is C11H13Cl2NO2S. The highest BCUT2D eigenvalue weighted by molar-refractivity contribution is 7.99. The van der Waals surface area contributed by atoms with Crippen molar-refractivity contribution in [2.75, 3.05) is 12.3 Å². The zero-order valence-electron chi connectivity index (χ0n) is 9.24. The van der Waals surface area contributed by atoms with Crippen molar-refractivity contribution >= 4 is 40.9 Å². The second-order valence-electron chi connectivity index (χ2n) is 3.44. The summed E-state index contributed by atoms with van der Waals surface area (Å²) < 4.78 is 0. The first-order valence-electron chi connectivity index (χ1n) is 5.04. The van der Waals surface area contributed by atoms with Crippen LogP contribution >= 0.6 is 35.0 Å². The first kappa shape index (κ1) is 14.6. The lowest BCUT2D eigenvalue weighted by Crippen LogP contribution is -2.35. The van der Waals surface area contributed by atoms with Crippen molar-refractivity contribution in [3.63, 3.8) is 0 Å². The Kier molecular flexibility index (Phi) is 6.12. The molecule has 1 aromatic rings. The average Bonchev–Trinajstić information content (AvgIpc) is 2.28. The molecular weight excluding hydrogens is 281 g/mol. The van der Waals surface area contributed by atoms with Crippen LogP contribution in [0.15, 0.2) is 23.1 Å². The van der Waals surface area contributed by atoms with E-state index in [1.54, 1.807) is 36.9 Å². The van der Waals surface area contributed by atoms with E-state index in [-0.39, 0.29) is 0 Å². The predicted molar refractivity (Wildman–Crippen MR) is 72.3 cm³/mol. The van der Waals surface area contributed by atoms with Crippen molar-refractivity contribution in [2.45, 2.75) is 17.9 Å². The van der Waals surface area contributed by atoms with Crippen LogP contribution in [0.5, 0.6) is 0 Å². The summed E-state index contributed by atoms with van der Waals surface area (Å²) in [5.41, 5.74) is 0. The predicted octanol–water partition coefficient (Wildman–Crippen LogP) is 3.15. The molecule has 0 aliphatic rings. The van der Waals surface area contributed by atoms with Crippen LogP contribution in [0.2, 0.25) is 10.0 Å². The number of halogens is 2. The molecule has 0 saturated heterocycles. The number of hydrogen-bond donors (Lipinski definition) is 2. The largest absolute Gasteiger partial charge is 0.480 e. The fourth-order valence-corrected chi connectivity index (χ4v) is 2.49. The van der Waals surface area contributed by atoms with Gasteiger partial charge in [-0.25, -0.2) is 0 Å². The van der Waals surface area contributed by atoms with Gasteiger partial charge >= 0.3 is 5.97 Å². The Hall–Kier alpha value is -0.420. The standard InChI is InChI=1S/C11H13Cl2NO2S/c1-7(11(15)16)14-4-5-17-10-6-8(12)2-3-9(10)13/h2-3,6-7,14H,4-5H2,1H3,(H,15,16). The molecule has 0 radical (unpaired) electrons. The Morgan fingerprint density at radius 3 is 2.88 bits per heavy atom. The maximum absolute atomic E-state index is 10.6. The molecule has 0 spiro atoms. The van der Waals surface area contributed by atoms with Gasteiger partial charge < -0.3 is 10.4 Å². The van der Waals surface area contributed by atoms with Gasteiger partial charge in [-0.05, 0) is 25.1 Å². The van der Waals surface area contributed by atoms with Crippen LogP contribution in [0.25, 0.3) is 0 Å². The molecule has 1 rings (SSSR count). The Morgan fingerprint density at radius 1 is 1.53 bits per heavy atom. The van der Waals surface area contributed by atoms with Crippen LogP contribution in [-0.4, -0.2) is 29.4 Å². The van der Waals surface area contributed by atoms with Crippen LogP contribution in [0.1, 0.15) is 6.92 Å². The fourth-order valence-electron chi connectivity index (χ4n) is 1.11. The molecule has 6 heteroatoms. The fraction of sp³-hybridized carbons (Fsp3) is 0.364. The normalized spacial score (nSPS) is 12.4. The maximum Gasteiger partial charge on any atom is 0.320 e. The highest BCUT2D eigenvalue weighted by Crippen LogP contribution is 2.29. The first-order valence-corrected chi connectivity index (χ1v) is 6.79. The van der Waals surface area contributed by atoms with Gasteiger partial charge in [-0.3, -0.25) is 4.79 Å². The maximum atomic E-state index is 10.6. The Morgan fingerprint density at radius 2 is 2.24 bits per heavy atom. The summed E-state index contributed by atoms with van der Waals surface area (Å²) in [6, 6.07) is 4.75. The summed E-state index contributed by atoms with van der Waals surface area (Å²) in [5.74, 6) is -0.117. The summed E-state index contributed by atoms with van der Waals surface area (Å²) in [5, 5.41) is 12.9. The third kappa shape index (κ3) is 5.17. The molecule has 1 aromatic carbocycles. The lowest BCUT2D eigenvalue weighted by Gasteiger charge is -2.09. The van der Waals surface area contributed by atoms with E-state index in [0.29, 0.717) is 16.6 Å². The molecule has 2 N–H and O–H groups in total. The Bertz CT molecular complexity index is 401. The van der Waals surface area contributed by atoms with Gasteiger partial charge in [0, 0.05) is 22.2 Å². The van der Waals surface area contributed by atoms with Gasteiger partial charge in [0.2, 0.25) is 0 Å². The first-order chi connectivity index (χ1) is 8.00. The van der Waals surface area contributed by atoms with Crippen molar-refractivity contribution in [3.8, 4) is 0 Å². The zero-order valence-corrected chi connectivity index (χ0v) is 11.6. The molecule has 0 fully saturated rings. The van der Waals surface area contributed by atoms with E-state index >= 15 is 0 Å². The third-order valence-corrected chi connectivity index (χ3v) is 3.81. The Balaban J connectivity index is 2.36. The third-order valence-electron chi connectivity index (χ3n) is 2.07. The minimum Gasteiger partial charge on any atom is -0.480 e. The SMILES string of the molecule is CC(NCCSc1cc(Cl)ccc1Cl)C(=O)O. The van der Waals surface area contributed by atoms with E-state index < -0.39 is 12.0 Å². The molecule has 0 aliphatic carbocycles. The van der Waals surface area contributed by atoms with Gasteiger partial charge in [0.1, 0.15) is 6.04 Å². The van der Waals surface area contributed by atoms with Gasteiger partial charge in [0.15, 0.2) is 0 Å². The molecule has 0 bridgehead atoms. The molecule has 0 aromatic heterocycles. The second-order valence-corrected chi connectivity index (χ2v) is 5.42. The molecule has 0 saturated carbocycles. The van der Waals surface area contributed by atoms with Crippen LogP contribution in [-0.2, 0) is 4.79 Å². The summed E-state index contributed by atoms with van der Waals surface area (Å²) in [4.78, 5) is 11.5. The van der Waals surface area contributed by atoms with Crippen LogP contribution in [0, 0.1) is 0 Å². The molecule has 17 heavy (non-hydrogen) atoms. The molecule has 0 aliphatic heterocycles. The summed E-state index contributed by atoms with van der Waals surface area (Å²) in [6.07, 6.45) is 0. The Labute approximate surface area is 114 Å². The number of carboxylic acids is 1. The van der Waals surface area contributed by atoms with Crippen molar-refractivity contribution < 1.29 is 9.90 Å². The molecule has 0 heterocycles. The summed E-state index contributed by atoms with van der Waals surface area (Å²) >= 11 is 13.4. The lowest BCUT2D eigenvalue weighted by atomic mass is 10.3. The van der Waals surface area contributed by atoms with Gasteiger partial charge in [-0.15, -0.1) is 11.8 Å². The van der Waals surface area contributed by atoms with E-state index in [2.05, 4.69) is 5.32 Å². The molecule has 0 amide bonds. The highest BCUT2D eigenvalue weighted by Gasteiger charge is 2.09. The van der Waals surface area contributed by atoms with Crippen molar-refractivity contribution in [1.82, 2.24) is 5.32 Å². The summed E-state index contributed by atoms with van der Waals surface area (Å²) in [7, 11) is 0. The minimum absolute atomic E-state index is 0.537. The van der Waals surface area contributed by atoms with E-state index in [9.17, 15) is 4.79 Å². The highest BCUT2D eigenvalue weighted by atomic mass is 35.5. The van der Waals surface area contributed by atoms with Gasteiger partial charge in [-0.2, -0.15) is 0 Å². The number of carbonyl (C=O) groups is 1. The van der Waals surface area contributed by atoms with E-state index in [1.807, 2.05) is 0 Å². The zero-order chi connectivity index (χ0) is 12.8. The average molecular weight is 294 g/mol. The van der Waals surface area contributed by atoms with E-state index in [4.69, 9.17) is 28.3 Å². The number of carboxylic acid groups (broad SMARTS) is 1. The van der Waals surface area contributed by atoms with Crippen LogP contribution in [0.4, 0.5) is 0 Å². The quantitative estimate of drug-likeness (QED) is 0.625. The summed E-state index contributed by atoms with van der Waals surface area (Å²) in [6.45, 7) is 2.21. The van der Waals surface area contributed by atoms with Crippen LogP contribution < -0.4 is 5.32 Å². The van der Waals surface area contributed by atoms with Crippen LogP contribution in [0.3, 0.4) is 0 Å². The van der Waals surface area contributed by atoms with Crippen molar-refractivity contribution in [1.29, 1.82) is 0 Å². The smallest absolute Gasteiger partial charge is 0.320 e. The molecule has 1 unspecified atom stereocenters. The molecule has 1 atom stereocenters. The minimum atomic E-state index is -0.851. The number of hydrogen-bond acceptors (Lipinski definition) is 3. The van der Waals surface area contributed by atoms with Gasteiger partial charge in [0.25, 0.3) is 0 Å². The second kappa shape index (κ2) is 7.11. The number of nitrogens with one attached hydrogen (secondary N) is 1. The molecule has 94 valence electrons. The van der Waals surface area contributed by atoms with E-state index in [0.717, 1.165) is 10.6 Å².